The second-order valence-electron chi connectivity index (χ2n) is 3.65. The first-order chi connectivity index (χ1) is 6.24. The van der Waals surface area contributed by atoms with Crippen molar-refractivity contribution in [3.63, 3.8) is 0 Å². The monoisotopic (exact) mass is 175 g/mol. The number of allylic oxidation sites excluding steroid dienone is 5. The van der Waals surface area contributed by atoms with Gasteiger partial charge in [0.2, 0.25) is 0 Å². The van der Waals surface area contributed by atoms with Crippen LogP contribution in [0.1, 0.15) is 26.7 Å². The summed E-state index contributed by atoms with van der Waals surface area (Å²) >= 11 is 0. The molecule has 0 amide bonds. The SMILES string of the molecule is C=NC=CC1=C(C)C=CCC(C)C1. The molecule has 0 radical (unpaired) electrons. The summed E-state index contributed by atoms with van der Waals surface area (Å²) in [5, 5.41) is 0. The normalized spacial score (nSPS) is 23.7. The average molecular weight is 175 g/mol. The molecule has 70 valence electrons. The van der Waals surface area contributed by atoms with Gasteiger partial charge in [-0.1, -0.05) is 19.1 Å². The van der Waals surface area contributed by atoms with Crippen LogP contribution in [0.15, 0.2) is 40.6 Å². The van der Waals surface area contributed by atoms with Crippen LogP contribution in [0, 0.1) is 5.92 Å². The molecule has 0 aromatic rings. The Hall–Kier alpha value is -1.11. The van der Waals surface area contributed by atoms with E-state index in [4.69, 9.17) is 0 Å². The standard InChI is InChI=1S/C12H17N/c1-10-5-4-6-11(2)12(9-10)7-8-13-3/h4,6-8,10H,3,5,9H2,1-2H3. The molecule has 1 aliphatic rings. The molecule has 0 N–H and O–H groups in total. The number of nitrogens with zero attached hydrogens (tertiary/aromatic N) is 1. The minimum Gasteiger partial charge on any atom is -0.273 e. The third-order valence-electron chi connectivity index (χ3n) is 2.36. The summed E-state index contributed by atoms with van der Waals surface area (Å²) < 4.78 is 0. The Balaban J connectivity index is 2.83. The molecule has 1 atom stereocenters. The molecule has 1 nitrogen and oxygen atoms in total. The Labute approximate surface area is 80.6 Å². The van der Waals surface area contributed by atoms with E-state index in [2.05, 4.69) is 43.8 Å². The van der Waals surface area contributed by atoms with E-state index < -0.39 is 0 Å². The fraction of sp³-hybridized carbons (Fsp3) is 0.417. The summed E-state index contributed by atoms with van der Waals surface area (Å²) in [5.41, 5.74) is 2.73. The van der Waals surface area contributed by atoms with Crippen molar-refractivity contribution in [2.24, 2.45) is 10.9 Å². The van der Waals surface area contributed by atoms with Gasteiger partial charge in [0.1, 0.15) is 0 Å². The van der Waals surface area contributed by atoms with Crippen molar-refractivity contribution in [1.29, 1.82) is 0 Å². The molecule has 0 heterocycles. The van der Waals surface area contributed by atoms with Crippen LogP contribution in [0.5, 0.6) is 0 Å². The predicted octanol–water partition coefficient (Wildman–Crippen LogP) is 3.50. The molecule has 1 aliphatic carbocycles. The van der Waals surface area contributed by atoms with Crippen LogP contribution in [-0.2, 0) is 0 Å². The van der Waals surface area contributed by atoms with E-state index in [1.54, 1.807) is 6.20 Å². The molecule has 0 spiro atoms. The average Bonchev–Trinajstić information content (AvgIpc) is 2.25. The van der Waals surface area contributed by atoms with Crippen LogP contribution < -0.4 is 0 Å². The lowest BCUT2D eigenvalue weighted by Crippen LogP contribution is -1.93. The van der Waals surface area contributed by atoms with Crippen molar-refractivity contribution in [3.05, 3.63) is 35.6 Å². The number of hydrogen-bond donors (Lipinski definition) is 0. The van der Waals surface area contributed by atoms with E-state index in [0.717, 1.165) is 12.3 Å². The Kier molecular flexibility index (Phi) is 3.69. The lowest BCUT2D eigenvalue weighted by atomic mass is 9.98. The van der Waals surface area contributed by atoms with Gasteiger partial charge in [-0.15, -0.1) is 0 Å². The summed E-state index contributed by atoms with van der Waals surface area (Å²) in [5.74, 6) is 0.734. The first-order valence-electron chi connectivity index (χ1n) is 4.72. The van der Waals surface area contributed by atoms with Crippen LogP contribution in [0.25, 0.3) is 0 Å². The number of hydrogen-bond acceptors (Lipinski definition) is 1. The highest BCUT2D eigenvalue weighted by Gasteiger charge is 2.07. The van der Waals surface area contributed by atoms with E-state index in [9.17, 15) is 0 Å². The van der Waals surface area contributed by atoms with Gasteiger partial charge in [0.15, 0.2) is 0 Å². The van der Waals surface area contributed by atoms with Gasteiger partial charge < -0.3 is 0 Å². The maximum Gasteiger partial charge on any atom is 0.0263 e. The molecular weight excluding hydrogens is 158 g/mol. The van der Waals surface area contributed by atoms with Gasteiger partial charge in [-0.05, 0) is 49.6 Å². The van der Waals surface area contributed by atoms with E-state index in [1.165, 1.54) is 17.6 Å². The highest BCUT2D eigenvalue weighted by molar-refractivity contribution is 5.35. The molecule has 1 unspecified atom stereocenters. The van der Waals surface area contributed by atoms with Gasteiger partial charge in [-0.25, -0.2) is 0 Å². The fourth-order valence-corrected chi connectivity index (χ4v) is 1.55. The van der Waals surface area contributed by atoms with Crippen molar-refractivity contribution in [3.8, 4) is 0 Å². The Bertz CT molecular complexity index is 269. The van der Waals surface area contributed by atoms with Crippen LogP contribution in [0.3, 0.4) is 0 Å². The van der Waals surface area contributed by atoms with Crippen molar-refractivity contribution < 1.29 is 0 Å². The number of rotatable bonds is 2. The maximum atomic E-state index is 3.73. The molecule has 0 aliphatic heterocycles. The molecular formula is C12H17N. The van der Waals surface area contributed by atoms with E-state index in [-0.39, 0.29) is 0 Å². The van der Waals surface area contributed by atoms with Crippen LogP contribution in [0.4, 0.5) is 0 Å². The van der Waals surface area contributed by atoms with Crippen molar-refractivity contribution in [2.75, 3.05) is 0 Å². The van der Waals surface area contributed by atoms with Crippen molar-refractivity contribution >= 4 is 6.72 Å². The van der Waals surface area contributed by atoms with Gasteiger partial charge >= 0.3 is 0 Å². The maximum absolute atomic E-state index is 3.73. The molecule has 0 aromatic carbocycles. The highest BCUT2D eigenvalue weighted by Crippen LogP contribution is 2.23. The highest BCUT2D eigenvalue weighted by atomic mass is 14.6. The number of aliphatic imine (C=N–C) groups is 1. The van der Waals surface area contributed by atoms with Gasteiger partial charge in [0.25, 0.3) is 0 Å². The van der Waals surface area contributed by atoms with Gasteiger partial charge in [0.05, 0.1) is 0 Å². The van der Waals surface area contributed by atoms with Crippen molar-refractivity contribution in [2.45, 2.75) is 26.7 Å². The fourth-order valence-electron chi connectivity index (χ4n) is 1.55. The second-order valence-corrected chi connectivity index (χ2v) is 3.65. The molecule has 0 saturated carbocycles. The van der Waals surface area contributed by atoms with Gasteiger partial charge in [-0.2, -0.15) is 0 Å². The lowest BCUT2D eigenvalue weighted by molar-refractivity contribution is 0.595. The molecule has 1 heteroatoms. The van der Waals surface area contributed by atoms with Crippen LogP contribution in [-0.4, -0.2) is 6.72 Å². The zero-order valence-electron chi connectivity index (χ0n) is 8.46. The third kappa shape index (κ3) is 3.02. The lowest BCUT2D eigenvalue weighted by Gasteiger charge is -2.07. The van der Waals surface area contributed by atoms with Crippen LogP contribution in [0.2, 0.25) is 0 Å². The zero-order valence-corrected chi connectivity index (χ0v) is 8.46. The molecule has 13 heavy (non-hydrogen) atoms. The Morgan fingerprint density at radius 3 is 3.08 bits per heavy atom. The molecule has 1 rings (SSSR count). The predicted molar refractivity (Wildman–Crippen MR) is 58.9 cm³/mol. The molecule has 0 saturated heterocycles. The quantitative estimate of drug-likeness (QED) is 0.569. The first-order valence-corrected chi connectivity index (χ1v) is 4.72. The van der Waals surface area contributed by atoms with E-state index in [0.29, 0.717) is 0 Å². The molecule has 0 bridgehead atoms. The summed E-state index contributed by atoms with van der Waals surface area (Å²) in [6.07, 6.45) is 10.6. The van der Waals surface area contributed by atoms with Gasteiger partial charge in [0, 0.05) is 6.20 Å². The second kappa shape index (κ2) is 4.80. The largest absolute Gasteiger partial charge is 0.273 e. The summed E-state index contributed by atoms with van der Waals surface area (Å²) in [4.78, 5) is 3.73. The van der Waals surface area contributed by atoms with Crippen LogP contribution >= 0.6 is 0 Å². The first kappa shape index (κ1) is 9.97. The summed E-state index contributed by atoms with van der Waals surface area (Å²) in [6, 6.07) is 0. The summed E-state index contributed by atoms with van der Waals surface area (Å²) in [6.45, 7) is 7.86. The third-order valence-corrected chi connectivity index (χ3v) is 2.36. The van der Waals surface area contributed by atoms with Crippen molar-refractivity contribution in [1.82, 2.24) is 0 Å². The topological polar surface area (TPSA) is 12.4 Å². The zero-order chi connectivity index (χ0) is 9.68. The molecule has 0 aromatic heterocycles. The van der Waals surface area contributed by atoms with E-state index in [1.807, 2.05) is 0 Å². The van der Waals surface area contributed by atoms with Gasteiger partial charge in [-0.3, -0.25) is 4.99 Å². The Morgan fingerprint density at radius 2 is 2.38 bits per heavy atom. The summed E-state index contributed by atoms with van der Waals surface area (Å²) in [7, 11) is 0. The minimum atomic E-state index is 0.734. The molecule has 0 fully saturated rings. The van der Waals surface area contributed by atoms with E-state index >= 15 is 0 Å². The smallest absolute Gasteiger partial charge is 0.0263 e. The Morgan fingerprint density at radius 1 is 1.62 bits per heavy atom. The minimum absolute atomic E-state index is 0.734.